The molecule has 1 aromatic heterocycles. The van der Waals surface area contributed by atoms with Gasteiger partial charge < -0.3 is 9.80 Å². The molecule has 25 heavy (non-hydrogen) atoms. The number of rotatable bonds is 3. The van der Waals surface area contributed by atoms with Crippen molar-refractivity contribution in [3.8, 4) is 0 Å². The number of aryl methyl sites for hydroxylation is 2. The van der Waals surface area contributed by atoms with E-state index in [-0.39, 0.29) is 17.7 Å². The molecule has 0 aromatic carbocycles. The fourth-order valence-corrected chi connectivity index (χ4v) is 3.91. The Labute approximate surface area is 153 Å². The van der Waals surface area contributed by atoms with Crippen LogP contribution in [0.2, 0.25) is 5.15 Å². The van der Waals surface area contributed by atoms with Crippen LogP contribution in [0.1, 0.15) is 36.9 Å². The van der Waals surface area contributed by atoms with Gasteiger partial charge >= 0.3 is 0 Å². The standard InChI is InChI=1S/C18H25ClN4O2/c1-13-15(17(19)21(2)20-13)7-8-16(24)22-9-11-23(12-10-22)18(25)14-5-3-4-6-14/h7-8,14H,3-6,9-12H2,1-2H3/b8-7+. The Balaban J connectivity index is 1.54. The fourth-order valence-electron chi connectivity index (χ4n) is 3.67. The number of carbonyl (C=O) groups is 2. The Bertz CT molecular complexity index is 683. The number of carbonyl (C=O) groups excluding carboxylic acids is 2. The number of amides is 2. The molecular formula is C18H25ClN4O2. The van der Waals surface area contributed by atoms with E-state index in [0.717, 1.165) is 36.9 Å². The molecule has 1 aliphatic carbocycles. The van der Waals surface area contributed by atoms with Crippen molar-refractivity contribution in [1.29, 1.82) is 0 Å². The zero-order chi connectivity index (χ0) is 18.0. The normalized spacial score (nSPS) is 19.2. The zero-order valence-electron chi connectivity index (χ0n) is 14.9. The van der Waals surface area contributed by atoms with Crippen LogP contribution in [-0.2, 0) is 16.6 Å². The SMILES string of the molecule is Cc1nn(C)c(Cl)c1/C=C/C(=O)N1CCN(C(=O)C2CCCC2)CC1. The van der Waals surface area contributed by atoms with E-state index in [1.807, 2.05) is 11.8 Å². The highest BCUT2D eigenvalue weighted by atomic mass is 35.5. The van der Waals surface area contributed by atoms with Crippen LogP contribution in [0.3, 0.4) is 0 Å². The number of hydrogen-bond donors (Lipinski definition) is 0. The summed E-state index contributed by atoms with van der Waals surface area (Å²) in [5, 5.41) is 4.75. The van der Waals surface area contributed by atoms with Crippen molar-refractivity contribution in [2.45, 2.75) is 32.6 Å². The van der Waals surface area contributed by atoms with E-state index in [9.17, 15) is 9.59 Å². The molecule has 3 rings (SSSR count). The largest absolute Gasteiger partial charge is 0.339 e. The Morgan fingerprint density at radius 2 is 1.72 bits per heavy atom. The molecule has 0 atom stereocenters. The third kappa shape index (κ3) is 3.89. The maximum Gasteiger partial charge on any atom is 0.246 e. The predicted molar refractivity (Wildman–Crippen MR) is 97.1 cm³/mol. The van der Waals surface area contributed by atoms with Crippen LogP contribution in [-0.4, -0.2) is 57.6 Å². The monoisotopic (exact) mass is 364 g/mol. The van der Waals surface area contributed by atoms with E-state index in [1.165, 1.54) is 0 Å². The van der Waals surface area contributed by atoms with Crippen LogP contribution < -0.4 is 0 Å². The van der Waals surface area contributed by atoms with Crippen molar-refractivity contribution < 1.29 is 9.59 Å². The van der Waals surface area contributed by atoms with Crippen molar-refractivity contribution >= 4 is 29.5 Å². The van der Waals surface area contributed by atoms with Crippen LogP contribution in [0.15, 0.2) is 6.08 Å². The molecule has 2 fully saturated rings. The minimum atomic E-state index is -0.0488. The van der Waals surface area contributed by atoms with Gasteiger partial charge in [0.15, 0.2) is 0 Å². The number of piperazine rings is 1. The summed E-state index contributed by atoms with van der Waals surface area (Å²) in [6, 6.07) is 0. The lowest BCUT2D eigenvalue weighted by atomic mass is 10.1. The number of nitrogens with zero attached hydrogens (tertiary/aromatic N) is 4. The van der Waals surface area contributed by atoms with Crippen LogP contribution in [0.4, 0.5) is 0 Å². The van der Waals surface area contributed by atoms with Crippen LogP contribution in [0, 0.1) is 12.8 Å². The molecule has 7 heteroatoms. The van der Waals surface area contributed by atoms with Gasteiger partial charge in [0.2, 0.25) is 11.8 Å². The van der Waals surface area contributed by atoms with Crippen molar-refractivity contribution in [1.82, 2.24) is 19.6 Å². The molecule has 6 nitrogen and oxygen atoms in total. The van der Waals surface area contributed by atoms with Gasteiger partial charge in [0, 0.05) is 50.8 Å². The molecule has 0 radical (unpaired) electrons. The van der Waals surface area contributed by atoms with Crippen LogP contribution in [0.25, 0.3) is 6.08 Å². The summed E-state index contributed by atoms with van der Waals surface area (Å²) in [7, 11) is 1.77. The smallest absolute Gasteiger partial charge is 0.246 e. The summed E-state index contributed by atoms with van der Waals surface area (Å²) < 4.78 is 1.59. The Morgan fingerprint density at radius 3 is 2.28 bits per heavy atom. The zero-order valence-corrected chi connectivity index (χ0v) is 15.6. The predicted octanol–water partition coefficient (Wildman–Crippen LogP) is 2.26. The van der Waals surface area contributed by atoms with Gasteiger partial charge in [-0.1, -0.05) is 24.4 Å². The quantitative estimate of drug-likeness (QED) is 0.773. The molecular weight excluding hydrogens is 340 g/mol. The van der Waals surface area contributed by atoms with Gasteiger partial charge in [0.1, 0.15) is 5.15 Å². The maximum atomic E-state index is 12.4. The molecule has 0 unspecified atom stereocenters. The molecule has 2 aliphatic rings. The lowest BCUT2D eigenvalue weighted by molar-refractivity contribution is -0.140. The molecule has 0 bridgehead atoms. The first kappa shape index (κ1) is 18.0. The van der Waals surface area contributed by atoms with Gasteiger partial charge in [0.25, 0.3) is 0 Å². The molecule has 1 saturated carbocycles. The fraction of sp³-hybridized carbons (Fsp3) is 0.611. The van der Waals surface area contributed by atoms with E-state index < -0.39 is 0 Å². The second kappa shape index (κ2) is 7.60. The molecule has 0 spiro atoms. The second-order valence-corrected chi connectivity index (χ2v) is 7.24. The van der Waals surface area contributed by atoms with E-state index in [4.69, 9.17) is 11.6 Å². The van der Waals surface area contributed by atoms with Crippen LogP contribution in [0.5, 0.6) is 0 Å². The van der Waals surface area contributed by atoms with E-state index in [1.54, 1.807) is 28.8 Å². The highest BCUT2D eigenvalue weighted by Gasteiger charge is 2.30. The molecule has 136 valence electrons. The lowest BCUT2D eigenvalue weighted by Crippen LogP contribution is -2.51. The van der Waals surface area contributed by atoms with Gasteiger partial charge in [0.05, 0.1) is 5.69 Å². The molecule has 2 heterocycles. The van der Waals surface area contributed by atoms with E-state index in [0.29, 0.717) is 31.3 Å². The summed E-state index contributed by atoms with van der Waals surface area (Å²) in [5.41, 5.74) is 1.57. The van der Waals surface area contributed by atoms with E-state index in [2.05, 4.69) is 5.10 Å². The van der Waals surface area contributed by atoms with Crippen molar-refractivity contribution in [3.05, 3.63) is 22.5 Å². The first-order valence-corrected chi connectivity index (χ1v) is 9.30. The summed E-state index contributed by atoms with van der Waals surface area (Å²) in [6.45, 7) is 4.29. The topological polar surface area (TPSA) is 58.4 Å². The van der Waals surface area contributed by atoms with Gasteiger partial charge in [-0.05, 0) is 25.8 Å². The molecule has 0 N–H and O–H groups in total. The van der Waals surface area contributed by atoms with Crippen molar-refractivity contribution in [2.24, 2.45) is 13.0 Å². The first-order chi connectivity index (χ1) is 12.0. The Hall–Kier alpha value is -1.82. The summed E-state index contributed by atoms with van der Waals surface area (Å²) >= 11 is 6.18. The second-order valence-electron chi connectivity index (χ2n) is 6.88. The lowest BCUT2D eigenvalue weighted by Gasteiger charge is -2.35. The highest BCUT2D eigenvalue weighted by molar-refractivity contribution is 6.31. The Kier molecular flexibility index (Phi) is 5.47. The number of hydrogen-bond acceptors (Lipinski definition) is 3. The minimum absolute atomic E-state index is 0.0488. The van der Waals surface area contributed by atoms with Gasteiger partial charge in [-0.15, -0.1) is 0 Å². The summed E-state index contributed by atoms with van der Waals surface area (Å²) in [4.78, 5) is 28.6. The Morgan fingerprint density at radius 1 is 1.12 bits per heavy atom. The van der Waals surface area contributed by atoms with Crippen LogP contribution >= 0.6 is 11.6 Å². The van der Waals surface area contributed by atoms with Crippen molar-refractivity contribution in [2.75, 3.05) is 26.2 Å². The highest BCUT2D eigenvalue weighted by Crippen LogP contribution is 2.27. The molecule has 1 aromatic rings. The average Bonchev–Trinajstić information content (AvgIpc) is 3.22. The van der Waals surface area contributed by atoms with Gasteiger partial charge in [-0.3, -0.25) is 14.3 Å². The number of aromatic nitrogens is 2. The third-order valence-electron chi connectivity index (χ3n) is 5.20. The van der Waals surface area contributed by atoms with Gasteiger partial charge in [-0.2, -0.15) is 5.10 Å². The molecule has 1 saturated heterocycles. The van der Waals surface area contributed by atoms with Crippen molar-refractivity contribution in [3.63, 3.8) is 0 Å². The summed E-state index contributed by atoms with van der Waals surface area (Å²) in [5.74, 6) is 0.433. The summed E-state index contributed by atoms with van der Waals surface area (Å²) in [6.07, 6.45) is 7.64. The number of halogens is 1. The maximum absolute atomic E-state index is 12.4. The van der Waals surface area contributed by atoms with Gasteiger partial charge in [-0.25, -0.2) is 0 Å². The minimum Gasteiger partial charge on any atom is -0.339 e. The first-order valence-electron chi connectivity index (χ1n) is 8.92. The van der Waals surface area contributed by atoms with E-state index >= 15 is 0 Å². The molecule has 2 amide bonds. The third-order valence-corrected chi connectivity index (χ3v) is 5.64. The molecule has 1 aliphatic heterocycles. The average molecular weight is 365 g/mol.